The molecule has 1 aromatic rings. The van der Waals surface area contributed by atoms with E-state index in [2.05, 4.69) is 44.3 Å². The van der Waals surface area contributed by atoms with Crippen molar-refractivity contribution in [3.8, 4) is 0 Å². The summed E-state index contributed by atoms with van der Waals surface area (Å²) >= 11 is 6.42. The topological polar surface area (TPSA) is 21.3 Å². The maximum absolute atomic E-state index is 6.42. The second kappa shape index (κ2) is 6.93. The van der Waals surface area contributed by atoms with Gasteiger partial charge in [-0.1, -0.05) is 30.7 Å². The van der Waals surface area contributed by atoms with E-state index in [4.69, 9.17) is 16.3 Å². The first-order valence-corrected chi connectivity index (χ1v) is 8.02. The molecule has 0 spiro atoms. The predicted octanol–water partition coefficient (Wildman–Crippen LogP) is 3.99. The Morgan fingerprint density at radius 3 is 2.85 bits per heavy atom. The van der Waals surface area contributed by atoms with Gasteiger partial charge >= 0.3 is 0 Å². The van der Waals surface area contributed by atoms with E-state index in [0.717, 1.165) is 44.0 Å². The van der Waals surface area contributed by atoms with Crippen LogP contribution in [0, 0.1) is 12.3 Å². The Balaban J connectivity index is 2.15. The van der Waals surface area contributed by atoms with E-state index in [0.29, 0.717) is 0 Å². The molecule has 2 unspecified atom stereocenters. The molecule has 1 aliphatic heterocycles. The minimum Gasteiger partial charge on any atom is -0.378 e. The molecule has 0 radical (unpaired) electrons. The average Bonchev–Trinajstić information content (AvgIpc) is 2.75. The first kappa shape index (κ1) is 15.8. The lowest BCUT2D eigenvalue weighted by atomic mass is 9.76. The molecule has 0 amide bonds. The first-order chi connectivity index (χ1) is 9.57. The number of rotatable bonds is 6. The van der Waals surface area contributed by atoms with E-state index in [9.17, 15) is 0 Å². The fraction of sp³-hybridized carbons (Fsp3) is 0.647. The van der Waals surface area contributed by atoms with Crippen LogP contribution in [0.25, 0.3) is 0 Å². The van der Waals surface area contributed by atoms with E-state index < -0.39 is 0 Å². The van der Waals surface area contributed by atoms with Crippen LogP contribution in [0.5, 0.6) is 0 Å². The van der Waals surface area contributed by atoms with Crippen LogP contribution in [-0.2, 0) is 11.2 Å². The minimum atomic E-state index is 0.175. The van der Waals surface area contributed by atoms with Gasteiger partial charge in [-0.2, -0.15) is 0 Å². The smallest absolute Gasteiger partial charge is 0.0619 e. The van der Waals surface area contributed by atoms with Crippen molar-refractivity contribution in [2.24, 2.45) is 5.41 Å². The van der Waals surface area contributed by atoms with E-state index in [1.54, 1.807) is 0 Å². The van der Waals surface area contributed by atoms with Gasteiger partial charge in [-0.25, -0.2) is 0 Å². The molecular weight excluding hydrogens is 270 g/mol. The summed E-state index contributed by atoms with van der Waals surface area (Å²) in [7, 11) is 0. The van der Waals surface area contributed by atoms with Gasteiger partial charge < -0.3 is 10.1 Å². The normalized spacial score (nSPS) is 26.1. The number of hydrogen-bond acceptors (Lipinski definition) is 2. The predicted molar refractivity (Wildman–Crippen MR) is 85.5 cm³/mol. The number of halogens is 1. The third-order valence-corrected chi connectivity index (χ3v) is 4.84. The van der Waals surface area contributed by atoms with Crippen molar-refractivity contribution in [3.05, 3.63) is 34.3 Å². The van der Waals surface area contributed by atoms with E-state index in [-0.39, 0.29) is 11.5 Å². The maximum Gasteiger partial charge on any atom is 0.0619 e. The molecule has 1 N–H and O–H groups in total. The standard InChI is InChI=1S/C17H26ClNO/c1-4-8-19-12-17(7-9-20-14(17)3)11-15-6-5-13(2)10-16(15)18/h5-6,10,14,19H,4,7-9,11-12H2,1-3H3. The first-order valence-electron chi connectivity index (χ1n) is 7.65. The Hall–Kier alpha value is -0.570. The molecule has 0 saturated carbocycles. The average molecular weight is 296 g/mol. The van der Waals surface area contributed by atoms with Crippen molar-refractivity contribution in [3.63, 3.8) is 0 Å². The van der Waals surface area contributed by atoms with Gasteiger partial charge in [0.05, 0.1) is 6.10 Å². The van der Waals surface area contributed by atoms with Crippen molar-refractivity contribution >= 4 is 11.6 Å². The zero-order valence-corrected chi connectivity index (χ0v) is 13.6. The van der Waals surface area contributed by atoms with Crippen LogP contribution in [0.15, 0.2) is 18.2 Å². The lowest BCUT2D eigenvalue weighted by Crippen LogP contribution is -2.41. The molecule has 112 valence electrons. The van der Waals surface area contributed by atoms with E-state index in [1.165, 1.54) is 11.1 Å². The quantitative estimate of drug-likeness (QED) is 0.801. The number of benzene rings is 1. The van der Waals surface area contributed by atoms with Crippen LogP contribution in [0.2, 0.25) is 5.02 Å². The zero-order chi connectivity index (χ0) is 14.6. The van der Waals surface area contributed by atoms with E-state index >= 15 is 0 Å². The van der Waals surface area contributed by atoms with Crippen molar-refractivity contribution in [2.45, 2.75) is 46.1 Å². The maximum atomic E-state index is 6.42. The molecule has 20 heavy (non-hydrogen) atoms. The molecule has 0 bridgehead atoms. The third-order valence-electron chi connectivity index (χ3n) is 4.49. The molecule has 2 rings (SSSR count). The van der Waals surface area contributed by atoms with Gasteiger partial charge in [0.1, 0.15) is 0 Å². The van der Waals surface area contributed by atoms with Crippen molar-refractivity contribution in [2.75, 3.05) is 19.7 Å². The molecule has 1 aromatic carbocycles. The Morgan fingerprint density at radius 2 is 2.25 bits per heavy atom. The van der Waals surface area contributed by atoms with E-state index in [1.807, 2.05) is 0 Å². The molecule has 2 atom stereocenters. The Kier molecular flexibility index (Phi) is 5.48. The van der Waals surface area contributed by atoms with Crippen LogP contribution in [0.4, 0.5) is 0 Å². The third kappa shape index (κ3) is 3.55. The summed E-state index contributed by atoms with van der Waals surface area (Å²) in [5.74, 6) is 0. The molecular formula is C17H26ClNO. The minimum absolute atomic E-state index is 0.175. The van der Waals surface area contributed by atoms with Gasteiger partial charge in [0.25, 0.3) is 0 Å². The molecule has 1 aliphatic rings. The molecule has 1 fully saturated rings. The summed E-state index contributed by atoms with van der Waals surface area (Å²) in [5.41, 5.74) is 2.63. The summed E-state index contributed by atoms with van der Waals surface area (Å²) in [4.78, 5) is 0. The summed E-state index contributed by atoms with van der Waals surface area (Å²) in [6, 6.07) is 6.38. The second-order valence-corrected chi connectivity index (χ2v) is 6.48. The van der Waals surface area contributed by atoms with Gasteiger partial charge in [-0.05, 0) is 56.8 Å². The number of ether oxygens (including phenoxy) is 1. The number of nitrogens with one attached hydrogen (secondary N) is 1. The molecule has 0 aromatic heterocycles. The Morgan fingerprint density at radius 1 is 1.45 bits per heavy atom. The molecule has 3 heteroatoms. The molecule has 2 nitrogen and oxygen atoms in total. The van der Waals surface area contributed by atoms with Gasteiger partial charge in [0.2, 0.25) is 0 Å². The number of hydrogen-bond donors (Lipinski definition) is 1. The van der Waals surface area contributed by atoms with Gasteiger partial charge in [-0.3, -0.25) is 0 Å². The fourth-order valence-corrected chi connectivity index (χ4v) is 3.34. The zero-order valence-electron chi connectivity index (χ0n) is 12.8. The highest BCUT2D eigenvalue weighted by Gasteiger charge is 2.41. The van der Waals surface area contributed by atoms with Crippen LogP contribution >= 0.6 is 11.6 Å². The van der Waals surface area contributed by atoms with Crippen molar-refractivity contribution < 1.29 is 4.74 Å². The summed E-state index contributed by atoms with van der Waals surface area (Å²) in [6.45, 7) is 9.41. The van der Waals surface area contributed by atoms with Crippen molar-refractivity contribution in [1.82, 2.24) is 5.32 Å². The summed E-state index contributed by atoms with van der Waals surface area (Å²) in [5, 5.41) is 4.46. The van der Waals surface area contributed by atoms with Crippen molar-refractivity contribution in [1.29, 1.82) is 0 Å². The van der Waals surface area contributed by atoms with Crippen LogP contribution in [-0.4, -0.2) is 25.8 Å². The number of aryl methyl sites for hydroxylation is 1. The van der Waals surface area contributed by atoms with Gasteiger partial charge in [0, 0.05) is 23.6 Å². The highest BCUT2D eigenvalue weighted by Crippen LogP contribution is 2.39. The largest absolute Gasteiger partial charge is 0.378 e. The lowest BCUT2D eigenvalue weighted by molar-refractivity contribution is 0.0631. The molecule has 1 heterocycles. The SMILES string of the molecule is CCCNCC1(Cc2ccc(C)cc2Cl)CCOC1C. The summed E-state index contributed by atoms with van der Waals surface area (Å²) in [6.07, 6.45) is 3.54. The summed E-state index contributed by atoms with van der Waals surface area (Å²) < 4.78 is 5.85. The molecule has 0 aliphatic carbocycles. The fourth-order valence-electron chi connectivity index (χ4n) is 3.03. The lowest BCUT2D eigenvalue weighted by Gasteiger charge is -2.33. The Labute approximate surface area is 127 Å². The van der Waals surface area contributed by atoms with Crippen LogP contribution < -0.4 is 5.32 Å². The van der Waals surface area contributed by atoms with Gasteiger partial charge in [-0.15, -0.1) is 0 Å². The van der Waals surface area contributed by atoms with Crippen LogP contribution in [0.3, 0.4) is 0 Å². The second-order valence-electron chi connectivity index (χ2n) is 6.07. The van der Waals surface area contributed by atoms with Crippen LogP contribution in [0.1, 0.15) is 37.8 Å². The highest BCUT2D eigenvalue weighted by atomic mass is 35.5. The highest BCUT2D eigenvalue weighted by molar-refractivity contribution is 6.31. The Bertz CT molecular complexity index is 449. The van der Waals surface area contributed by atoms with Gasteiger partial charge in [0.15, 0.2) is 0 Å². The molecule has 1 saturated heterocycles. The monoisotopic (exact) mass is 295 g/mol.